The molecule has 4 nitrogen and oxygen atoms in total. The van der Waals surface area contributed by atoms with Gasteiger partial charge >= 0.3 is 0 Å². The zero-order valence-electron chi connectivity index (χ0n) is 19.3. The molecule has 1 aliphatic rings. The number of aromatic nitrogens is 3. The number of fused-ring (bicyclic) bond motifs is 2. The molecule has 0 spiro atoms. The first-order chi connectivity index (χ1) is 15.4. The molecule has 1 aliphatic heterocycles. The maximum absolute atomic E-state index is 6.05. The second-order valence-corrected chi connectivity index (χ2v) is 14.4. The van der Waals surface area contributed by atoms with E-state index < -0.39 is 8.07 Å². The van der Waals surface area contributed by atoms with Crippen LogP contribution in [0.5, 0.6) is 0 Å². The highest BCUT2D eigenvalue weighted by Gasteiger charge is 2.22. The van der Waals surface area contributed by atoms with Gasteiger partial charge in [-0.25, -0.2) is 4.68 Å². The Morgan fingerprint density at radius 3 is 2.62 bits per heavy atom. The second-order valence-electron chi connectivity index (χ2n) is 9.66. The Morgan fingerprint density at radius 1 is 1.00 bits per heavy atom. The third kappa shape index (κ3) is 3.85. The lowest BCUT2D eigenvalue weighted by Crippen LogP contribution is -2.18. The molecule has 0 saturated carbocycles. The first-order valence-corrected chi connectivity index (χ1v) is 14.9. The minimum absolute atomic E-state index is 0.0112. The van der Waals surface area contributed by atoms with Crippen LogP contribution in [-0.2, 0) is 4.74 Å². The van der Waals surface area contributed by atoms with Crippen LogP contribution in [0.15, 0.2) is 48.8 Å². The Kier molecular flexibility index (Phi) is 5.36. The Labute approximate surface area is 190 Å². The predicted octanol–water partition coefficient (Wildman–Crippen LogP) is 6.49. The van der Waals surface area contributed by atoms with Crippen molar-refractivity contribution in [2.45, 2.75) is 52.1 Å². The van der Waals surface area contributed by atoms with Crippen LogP contribution < -0.4 is 0 Å². The van der Waals surface area contributed by atoms with E-state index in [1.807, 2.05) is 18.5 Å². The molecule has 1 saturated heterocycles. The van der Waals surface area contributed by atoms with Crippen molar-refractivity contribution >= 4 is 29.9 Å². The highest BCUT2D eigenvalue weighted by atomic mass is 28.3. The SMILES string of the molecule is Cc1ccc2c(cnn2C2CCCCO2)c1-c1c(C#C[Si](C)(C)C)cnc2ccccc12. The van der Waals surface area contributed by atoms with Crippen LogP contribution in [0, 0.1) is 18.4 Å². The average Bonchev–Trinajstić information content (AvgIpc) is 3.22. The summed E-state index contributed by atoms with van der Waals surface area (Å²) < 4.78 is 8.11. The van der Waals surface area contributed by atoms with Gasteiger partial charge in [0, 0.05) is 29.1 Å². The van der Waals surface area contributed by atoms with Gasteiger partial charge < -0.3 is 4.74 Å². The summed E-state index contributed by atoms with van der Waals surface area (Å²) in [6.45, 7) is 9.79. The monoisotopic (exact) mass is 439 g/mol. The molecular formula is C27H29N3OSi. The molecule has 1 atom stereocenters. The third-order valence-electron chi connectivity index (χ3n) is 6.01. The molecule has 32 heavy (non-hydrogen) atoms. The number of para-hydroxylation sites is 1. The Morgan fingerprint density at radius 2 is 1.84 bits per heavy atom. The minimum atomic E-state index is -1.54. The summed E-state index contributed by atoms with van der Waals surface area (Å²) in [4.78, 5) is 4.73. The molecule has 0 N–H and O–H groups in total. The van der Waals surface area contributed by atoms with E-state index in [4.69, 9.17) is 14.8 Å². The van der Waals surface area contributed by atoms with Crippen molar-refractivity contribution in [2.75, 3.05) is 6.61 Å². The van der Waals surface area contributed by atoms with Crippen molar-refractivity contribution in [1.82, 2.24) is 14.8 Å². The summed E-state index contributed by atoms with van der Waals surface area (Å²) in [7, 11) is -1.54. The lowest BCUT2D eigenvalue weighted by atomic mass is 9.91. The summed E-state index contributed by atoms with van der Waals surface area (Å²) in [6.07, 6.45) is 7.26. The number of rotatable bonds is 2. The average molecular weight is 440 g/mol. The van der Waals surface area contributed by atoms with E-state index >= 15 is 0 Å². The van der Waals surface area contributed by atoms with Gasteiger partial charge in [-0.05, 0) is 49.4 Å². The normalized spacial score (nSPS) is 16.8. The second kappa shape index (κ2) is 8.20. The molecule has 1 fully saturated rings. The van der Waals surface area contributed by atoms with Crippen LogP contribution in [0.25, 0.3) is 32.9 Å². The van der Waals surface area contributed by atoms with Crippen LogP contribution in [0.2, 0.25) is 19.6 Å². The fourth-order valence-electron chi connectivity index (χ4n) is 4.47. The lowest BCUT2D eigenvalue weighted by Gasteiger charge is -2.23. The van der Waals surface area contributed by atoms with Crippen LogP contribution in [0.4, 0.5) is 0 Å². The predicted molar refractivity (Wildman–Crippen MR) is 134 cm³/mol. The van der Waals surface area contributed by atoms with Gasteiger partial charge in [-0.1, -0.05) is 49.8 Å². The van der Waals surface area contributed by atoms with Crippen molar-refractivity contribution in [3.63, 3.8) is 0 Å². The van der Waals surface area contributed by atoms with Gasteiger partial charge in [-0.15, -0.1) is 5.54 Å². The molecule has 3 heterocycles. The standard InChI is InChI=1S/C27H29N3OSi/c1-19-12-13-24-22(18-29-30(24)25-11-7-8-15-31-25)26(19)27-20(14-16-32(2,3)4)17-28-23-10-6-5-9-21(23)27/h5-6,9-10,12-13,17-18,25H,7-8,11,15H2,1-4H3. The highest BCUT2D eigenvalue weighted by Crippen LogP contribution is 2.39. The van der Waals surface area contributed by atoms with Crippen molar-refractivity contribution in [3.05, 3.63) is 59.9 Å². The number of hydrogen-bond acceptors (Lipinski definition) is 3. The maximum Gasteiger partial charge on any atom is 0.150 e. The summed E-state index contributed by atoms with van der Waals surface area (Å²) in [5, 5.41) is 7.06. The number of nitrogens with zero attached hydrogens (tertiary/aromatic N) is 3. The van der Waals surface area contributed by atoms with Gasteiger partial charge in [0.2, 0.25) is 0 Å². The molecule has 2 aromatic heterocycles. The Bertz CT molecular complexity index is 1360. The van der Waals surface area contributed by atoms with E-state index in [0.717, 1.165) is 52.4 Å². The molecule has 4 aromatic rings. The molecule has 0 amide bonds. The molecule has 0 radical (unpaired) electrons. The van der Waals surface area contributed by atoms with Gasteiger partial charge in [-0.3, -0.25) is 4.98 Å². The van der Waals surface area contributed by atoms with E-state index in [-0.39, 0.29) is 6.23 Å². The molecule has 1 unspecified atom stereocenters. The van der Waals surface area contributed by atoms with Crippen molar-refractivity contribution < 1.29 is 4.74 Å². The first kappa shape index (κ1) is 20.9. The van der Waals surface area contributed by atoms with Crippen molar-refractivity contribution in [2.24, 2.45) is 0 Å². The number of hydrogen-bond donors (Lipinski definition) is 0. The van der Waals surface area contributed by atoms with Crippen LogP contribution in [0.1, 0.15) is 36.6 Å². The molecule has 0 bridgehead atoms. The summed E-state index contributed by atoms with van der Waals surface area (Å²) in [5.74, 6) is 3.50. The van der Waals surface area contributed by atoms with Crippen LogP contribution >= 0.6 is 0 Å². The van der Waals surface area contributed by atoms with E-state index in [9.17, 15) is 0 Å². The fraction of sp³-hybridized carbons (Fsp3) is 0.333. The topological polar surface area (TPSA) is 39.9 Å². The largest absolute Gasteiger partial charge is 0.356 e. The molecule has 5 heteroatoms. The summed E-state index contributed by atoms with van der Waals surface area (Å²) in [6, 6.07) is 12.7. The quantitative estimate of drug-likeness (QED) is 0.265. The number of pyridine rings is 1. The molecule has 2 aromatic carbocycles. The van der Waals surface area contributed by atoms with Crippen molar-refractivity contribution in [1.29, 1.82) is 0 Å². The summed E-state index contributed by atoms with van der Waals surface area (Å²) in [5.41, 5.74) is 10.2. The molecule has 162 valence electrons. The number of ether oxygens (including phenoxy) is 1. The zero-order chi connectivity index (χ0) is 22.3. The first-order valence-electron chi connectivity index (χ1n) is 11.4. The van der Waals surface area contributed by atoms with E-state index in [1.165, 1.54) is 17.5 Å². The maximum atomic E-state index is 6.05. The van der Waals surface area contributed by atoms with Gasteiger partial charge in [-0.2, -0.15) is 5.10 Å². The number of aryl methyl sites for hydroxylation is 1. The smallest absolute Gasteiger partial charge is 0.150 e. The van der Waals surface area contributed by atoms with Crippen molar-refractivity contribution in [3.8, 4) is 22.6 Å². The zero-order valence-corrected chi connectivity index (χ0v) is 20.3. The van der Waals surface area contributed by atoms with E-state index in [2.05, 4.69) is 73.0 Å². The fourth-order valence-corrected chi connectivity index (χ4v) is 4.98. The Balaban J connectivity index is 1.79. The molecular weight excluding hydrogens is 410 g/mol. The van der Waals surface area contributed by atoms with Gasteiger partial charge in [0.05, 0.1) is 22.8 Å². The third-order valence-corrected chi connectivity index (χ3v) is 6.89. The van der Waals surface area contributed by atoms with Gasteiger partial charge in [0.15, 0.2) is 6.23 Å². The highest BCUT2D eigenvalue weighted by molar-refractivity contribution is 6.83. The van der Waals surface area contributed by atoms with E-state index in [1.54, 1.807) is 0 Å². The minimum Gasteiger partial charge on any atom is -0.356 e. The number of benzene rings is 2. The Hall–Kier alpha value is -2.94. The lowest BCUT2D eigenvalue weighted by molar-refractivity contribution is -0.0366. The van der Waals surface area contributed by atoms with Gasteiger partial charge in [0.1, 0.15) is 8.07 Å². The van der Waals surface area contributed by atoms with Crippen LogP contribution in [0.3, 0.4) is 0 Å². The molecule has 5 rings (SSSR count). The molecule has 0 aliphatic carbocycles. The van der Waals surface area contributed by atoms with Crippen LogP contribution in [-0.4, -0.2) is 29.4 Å². The summed E-state index contributed by atoms with van der Waals surface area (Å²) >= 11 is 0. The van der Waals surface area contributed by atoms with E-state index in [0.29, 0.717) is 0 Å². The van der Waals surface area contributed by atoms with Gasteiger partial charge in [0.25, 0.3) is 0 Å².